The summed E-state index contributed by atoms with van der Waals surface area (Å²) in [4.78, 5) is 7.22. The summed E-state index contributed by atoms with van der Waals surface area (Å²) in [6, 6.07) is 4.54. The normalized spacial score (nSPS) is 10.8. The van der Waals surface area contributed by atoms with Gasteiger partial charge in [0.1, 0.15) is 5.82 Å². The Bertz CT molecular complexity index is 410. The van der Waals surface area contributed by atoms with Crippen molar-refractivity contribution >= 4 is 22.8 Å². The van der Waals surface area contributed by atoms with E-state index < -0.39 is 0 Å². The minimum absolute atomic E-state index is 0.248. The summed E-state index contributed by atoms with van der Waals surface area (Å²) in [7, 11) is 0. The maximum Gasteiger partial charge on any atom is 0.166 e. The molecule has 2 rings (SSSR count). The fourth-order valence-electron chi connectivity index (χ4n) is 1.05. The van der Waals surface area contributed by atoms with Gasteiger partial charge in [0.05, 0.1) is 11.0 Å². The molecule has 1 aromatic heterocycles. The molecule has 1 aromatic carbocycles. The SMILES string of the molecule is CSc1nc2cc(F)ccc2[nH]1. The Morgan fingerprint density at radius 2 is 2.33 bits per heavy atom. The second-order valence-electron chi connectivity index (χ2n) is 2.41. The largest absolute Gasteiger partial charge is 0.333 e. The lowest BCUT2D eigenvalue weighted by Gasteiger charge is -1.85. The molecule has 62 valence electrons. The van der Waals surface area contributed by atoms with Crippen LogP contribution in [0.2, 0.25) is 0 Å². The summed E-state index contributed by atoms with van der Waals surface area (Å²) >= 11 is 1.51. The fraction of sp³-hybridized carbons (Fsp3) is 0.125. The van der Waals surface area contributed by atoms with E-state index in [-0.39, 0.29) is 5.82 Å². The quantitative estimate of drug-likeness (QED) is 0.686. The van der Waals surface area contributed by atoms with E-state index in [1.807, 2.05) is 6.26 Å². The van der Waals surface area contributed by atoms with Crippen LogP contribution in [0.3, 0.4) is 0 Å². The number of hydrogen-bond acceptors (Lipinski definition) is 2. The Labute approximate surface area is 73.2 Å². The Morgan fingerprint density at radius 1 is 1.50 bits per heavy atom. The highest BCUT2D eigenvalue weighted by atomic mass is 32.2. The second kappa shape index (κ2) is 2.79. The van der Waals surface area contributed by atoms with E-state index in [0.717, 1.165) is 10.7 Å². The number of thioether (sulfide) groups is 1. The van der Waals surface area contributed by atoms with Crippen molar-refractivity contribution in [2.45, 2.75) is 5.16 Å². The molecule has 2 aromatic rings. The number of nitrogens with zero attached hydrogens (tertiary/aromatic N) is 1. The molecule has 0 saturated heterocycles. The monoisotopic (exact) mass is 182 g/mol. The van der Waals surface area contributed by atoms with E-state index in [9.17, 15) is 4.39 Å². The van der Waals surface area contributed by atoms with E-state index in [1.54, 1.807) is 6.07 Å². The Kier molecular flexibility index (Phi) is 1.77. The summed E-state index contributed by atoms with van der Waals surface area (Å²) in [6.45, 7) is 0. The molecule has 0 bridgehead atoms. The van der Waals surface area contributed by atoms with Crippen LogP contribution in [-0.2, 0) is 0 Å². The fourth-order valence-corrected chi connectivity index (χ4v) is 1.45. The first-order chi connectivity index (χ1) is 5.79. The molecule has 0 unspecified atom stereocenters. The van der Waals surface area contributed by atoms with Gasteiger partial charge in [0.15, 0.2) is 5.16 Å². The molecule has 12 heavy (non-hydrogen) atoms. The maximum absolute atomic E-state index is 12.7. The van der Waals surface area contributed by atoms with Gasteiger partial charge in [-0.3, -0.25) is 0 Å². The molecule has 4 heteroatoms. The third kappa shape index (κ3) is 1.18. The molecule has 0 atom stereocenters. The van der Waals surface area contributed by atoms with Gasteiger partial charge in [-0.15, -0.1) is 0 Å². The van der Waals surface area contributed by atoms with Gasteiger partial charge >= 0.3 is 0 Å². The van der Waals surface area contributed by atoms with Crippen molar-refractivity contribution in [2.24, 2.45) is 0 Å². The standard InChI is InChI=1S/C8H7FN2S/c1-12-8-10-6-3-2-5(9)4-7(6)11-8/h2-4H,1H3,(H,10,11). The van der Waals surface area contributed by atoms with E-state index >= 15 is 0 Å². The molecule has 0 radical (unpaired) electrons. The van der Waals surface area contributed by atoms with Crippen LogP contribution in [0.4, 0.5) is 4.39 Å². The average molecular weight is 182 g/mol. The van der Waals surface area contributed by atoms with Crippen LogP contribution in [-0.4, -0.2) is 16.2 Å². The van der Waals surface area contributed by atoms with Crippen molar-refractivity contribution in [3.05, 3.63) is 24.0 Å². The predicted molar refractivity (Wildman–Crippen MR) is 47.8 cm³/mol. The van der Waals surface area contributed by atoms with Gasteiger partial charge in [0.25, 0.3) is 0 Å². The first-order valence-corrected chi connectivity index (χ1v) is 4.71. The molecule has 0 saturated carbocycles. The second-order valence-corrected chi connectivity index (χ2v) is 3.20. The highest BCUT2D eigenvalue weighted by Crippen LogP contribution is 2.17. The summed E-state index contributed by atoms with van der Waals surface area (Å²) in [5.41, 5.74) is 1.56. The van der Waals surface area contributed by atoms with Crippen molar-refractivity contribution in [3.63, 3.8) is 0 Å². The minimum atomic E-state index is -0.248. The maximum atomic E-state index is 12.7. The Balaban J connectivity index is 2.67. The molecule has 0 fully saturated rings. The van der Waals surface area contributed by atoms with Gasteiger partial charge < -0.3 is 4.98 Å². The first kappa shape index (κ1) is 7.61. The van der Waals surface area contributed by atoms with Gasteiger partial charge in [0, 0.05) is 6.07 Å². The number of imidazole rings is 1. The van der Waals surface area contributed by atoms with Crippen LogP contribution < -0.4 is 0 Å². The number of nitrogens with one attached hydrogen (secondary N) is 1. The van der Waals surface area contributed by atoms with Gasteiger partial charge in [-0.05, 0) is 18.4 Å². The third-order valence-corrected chi connectivity index (χ3v) is 2.20. The smallest absolute Gasteiger partial charge is 0.166 e. The molecular weight excluding hydrogens is 175 g/mol. The number of fused-ring (bicyclic) bond motifs is 1. The number of rotatable bonds is 1. The van der Waals surface area contributed by atoms with E-state index in [4.69, 9.17) is 0 Å². The van der Waals surface area contributed by atoms with Crippen molar-refractivity contribution in [3.8, 4) is 0 Å². The minimum Gasteiger partial charge on any atom is -0.333 e. The summed E-state index contributed by atoms with van der Waals surface area (Å²) in [5.74, 6) is -0.248. The van der Waals surface area contributed by atoms with Gasteiger partial charge in [-0.1, -0.05) is 11.8 Å². The Morgan fingerprint density at radius 3 is 3.08 bits per heavy atom. The van der Waals surface area contributed by atoms with Crippen LogP contribution in [0.25, 0.3) is 11.0 Å². The molecular formula is C8H7FN2S. The highest BCUT2D eigenvalue weighted by Gasteiger charge is 2.01. The van der Waals surface area contributed by atoms with Crippen LogP contribution >= 0.6 is 11.8 Å². The van der Waals surface area contributed by atoms with Crippen LogP contribution in [0.15, 0.2) is 23.4 Å². The van der Waals surface area contributed by atoms with Crippen LogP contribution in [0.1, 0.15) is 0 Å². The van der Waals surface area contributed by atoms with Crippen molar-refractivity contribution in [1.82, 2.24) is 9.97 Å². The van der Waals surface area contributed by atoms with Gasteiger partial charge in [-0.25, -0.2) is 9.37 Å². The number of H-pyrrole nitrogens is 1. The van der Waals surface area contributed by atoms with Crippen LogP contribution in [0, 0.1) is 5.82 Å². The number of halogens is 1. The zero-order chi connectivity index (χ0) is 8.55. The Hall–Kier alpha value is -1.03. The number of aromatic amines is 1. The molecule has 0 aliphatic rings. The average Bonchev–Trinajstić information content (AvgIpc) is 2.46. The summed E-state index contributed by atoms with van der Waals surface area (Å²) in [6.07, 6.45) is 1.92. The van der Waals surface area contributed by atoms with Gasteiger partial charge in [-0.2, -0.15) is 0 Å². The zero-order valence-electron chi connectivity index (χ0n) is 6.47. The molecule has 1 heterocycles. The number of hydrogen-bond donors (Lipinski definition) is 1. The highest BCUT2D eigenvalue weighted by molar-refractivity contribution is 7.98. The third-order valence-electron chi connectivity index (χ3n) is 1.62. The lowest BCUT2D eigenvalue weighted by atomic mass is 10.3. The predicted octanol–water partition coefficient (Wildman–Crippen LogP) is 2.42. The van der Waals surface area contributed by atoms with E-state index in [1.165, 1.54) is 23.9 Å². The van der Waals surface area contributed by atoms with Crippen molar-refractivity contribution < 1.29 is 4.39 Å². The van der Waals surface area contributed by atoms with E-state index in [0.29, 0.717) is 5.52 Å². The first-order valence-electron chi connectivity index (χ1n) is 3.49. The number of aromatic nitrogens is 2. The molecule has 2 nitrogen and oxygen atoms in total. The molecule has 0 spiro atoms. The number of benzene rings is 1. The van der Waals surface area contributed by atoms with Crippen molar-refractivity contribution in [1.29, 1.82) is 0 Å². The van der Waals surface area contributed by atoms with Crippen molar-refractivity contribution in [2.75, 3.05) is 6.26 Å². The summed E-state index contributed by atoms with van der Waals surface area (Å²) in [5, 5.41) is 0.815. The summed E-state index contributed by atoms with van der Waals surface area (Å²) < 4.78 is 12.7. The van der Waals surface area contributed by atoms with Gasteiger partial charge in [0.2, 0.25) is 0 Å². The van der Waals surface area contributed by atoms with E-state index in [2.05, 4.69) is 9.97 Å². The lowest BCUT2D eigenvalue weighted by molar-refractivity contribution is 0.629. The molecule has 0 amide bonds. The van der Waals surface area contributed by atoms with Crippen LogP contribution in [0.5, 0.6) is 0 Å². The lowest BCUT2D eigenvalue weighted by Crippen LogP contribution is -1.72. The molecule has 1 N–H and O–H groups in total. The zero-order valence-corrected chi connectivity index (χ0v) is 7.28. The topological polar surface area (TPSA) is 28.7 Å². The molecule has 0 aliphatic heterocycles. The molecule has 0 aliphatic carbocycles.